The van der Waals surface area contributed by atoms with Crippen LogP contribution in [0.25, 0.3) is 0 Å². The molecule has 0 spiro atoms. The van der Waals surface area contributed by atoms with Crippen molar-refractivity contribution in [3.05, 3.63) is 46.2 Å². The molecule has 0 aliphatic rings. The van der Waals surface area contributed by atoms with Gasteiger partial charge < -0.3 is 9.15 Å². The first kappa shape index (κ1) is 11.7. The number of ether oxygens (including phenoxy) is 1. The van der Waals surface area contributed by atoms with Gasteiger partial charge in [-0.1, -0.05) is 11.6 Å². The predicted molar refractivity (Wildman–Crippen MR) is 65.1 cm³/mol. The van der Waals surface area contributed by atoms with Crippen molar-refractivity contribution in [2.75, 3.05) is 0 Å². The minimum absolute atomic E-state index is 0.238. The van der Waals surface area contributed by atoms with E-state index in [2.05, 4.69) is 0 Å². The van der Waals surface area contributed by atoms with Crippen molar-refractivity contribution >= 4 is 17.9 Å². The average molecular weight is 251 g/mol. The molecule has 0 saturated heterocycles. The number of halogens is 1. The number of benzene rings is 1. The molecule has 17 heavy (non-hydrogen) atoms. The zero-order valence-electron chi connectivity index (χ0n) is 9.49. The molecular formula is C13H11ClO3. The van der Waals surface area contributed by atoms with Gasteiger partial charge in [0.25, 0.3) is 5.95 Å². The normalized spacial score (nSPS) is 10.3. The van der Waals surface area contributed by atoms with Gasteiger partial charge in [-0.05, 0) is 43.2 Å². The Hall–Kier alpha value is -1.74. The van der Waals surface area contributed by atoms with Gasteiger partial charge in [0, 0.05) is 11.1 Å². The van der Waals surface area contributed by atoms with Crippen LogP contribution in [-0.2, 0) is 0 Å². The van der Waals surface area contributed by atoms with Crippen LogP contribution in [0.5, 0.6) is 11.7 Å². The summed E-state index contributed by atoms with van der Waals surface area (Å²) in [6.45, 7) is 3.81. The highest BCUT2D eigenvalue weighted by molar-refractivity contribution is 6.32. The van der Waals surface area contributed by atoms with Gasteiger partial charge >= 0.3 is 0 Å². The fourth-order valence-corrected chi connectivity index (χ4v) is 1.64. The number of aldehydes is 1. The molecule has 1 aromatic heterocycles. The third-order valence-corrected chi connectivity index (χ3v) is 2.94. The van der Waals surface area contributed by atoms with Crippen LogP contribution in [0.4, 0.5) is 0 Å². The Bertz CT molecular complexity index is 535. The number of furan rings is 1. The van der Waals surface area contributed by atoms with E-state index in [1.54, 1.807) is 12.1 Å². The first-order chi connectivity index (χ1) is 8.10. The number of aryl methyl sites for hydroxylation is 2. The monoisotopic (exact) mass is 250 g/mol. The quantitative estimate of drug-likeness (QED) is 0.768. The van der Waals surface area contributed by atoms with Crippen molar-refractivity contribution in [2.45, 2.75) is 13.8 Å². The van der Waals surface area contributed by atoms with Crippen molar-refractivity contribution in [1.29, 1.82) is 0 Å². The molecule has 88 valence electrons. The summed E-state index contributed by atoms with van der Waals surface area (Å²) in [6, 6.07) is 6.79. The maximum atomic E-state index is 10.5. The summed E-state index contributed by atoms with van der Waals surface area (Å²) in [6.07, 6.45) is 0.630. The third kappa shape index (κ3) is 2.50. The highest BCUT2D eigenvalue weighted by atomic mass is 35.5. The van der Waals surface area contributed by atoms with Gasteiger partial charge in [0.05, 0.1) is 0 Å². The van der Waals surface area contributed by atoms with Crippen molar-refractivity contribution in [1.82, 2.24) is 0 Å². The molecule has 0 amide bonds. The first-order valence-corrected chi connectivity index (χ1v) is 5.47. The van der Waals surface area contributed by atoms with Crippen LogP contribution >= 0.6 is 11.6 Å². The molecule has 0 atom stereocenters. The zero-order chi connectivity index (χ0) is 12.4. The maximum absolute atomic E-state index is 10.5. The van der Waals surface area contributed by atoms with Crippen LogP contribution in [0.15, 0.2) is 28.7 Å². The van der Waals surface area contributed by atoms with E-state index in [1.807, 2.05) is 26.0 Å². The Morgan fingerprint density at radius 1 is 1.24 bits per heavy atom. The molecular weight excluding hydrogens is 240 g/mol. The van der Waals surface area contributed by atoms with E-state index in [1.165, 1.54) is 0 Å². The second-order valence-corrected chi connectivity index (χ2v) is 4.13. The summed E-state index contributed by atoms with van der Waals surface area (Å²) >= 11 is 6.05. The van der Waals surface area contributed by atoms with Crippen molar-refractivity contribution in [3.8, 4) is 11.7 Å². The lowest BCUT2D eigenvalue weighted by Gasteiger charge is -2.07. The summed E-state index contributed by atoms with van der Waals surface area (Å²) in [5.74, 6) is 1.16. The molecule has 3 nitrogen and oxygen atoms in total. The first-order valence-electron chi connectivity index (χ1n) is 5.10. The van der Waals surface area contributed by atoms with Crippen LogP contribution in [0.3, 0.4) is 0 Å². The average Bonchev–Trinajstić information content (AvgIpc) is 2.73. The Morgan fingerprint density at radius 2 is 1.88 bits per heavy atom. The van der Waals surface area contributed by atoms with Gasteiger partial charge in [0.2, 0.25) is 0 Å². The largest absolute Gasteiger partial charge is 0.426 e. The van der Waals surface area contributed by atoms with Gasteiger partial charge in [-0.3, -0.25) is 4.79 Å². The lowest BCUT2D eigenvalue weighted by molar-refractivity contribution is 0.109. The fourth-order valence-electron chi connectivity index (χ4n) is 1.53. The molecule has 0 unspecified atom stereocenters. The SMILES string of the molecule is Cc1cc(Oc2ccc(C=O)o2)cc(C)c1Cl. The second-order valence-electron chi connectivity index (χ2n) is 3.75. The van der Waals surface area contributed by atoms with E-state index in [0.717, 1.165) is 16.1 Å². The predicted octanol–water partition coefficient (Wildman–Crippen LogP) is 4.15. The minimum Gasteiger partial charge on any atom is -0.426 e. The van der Waals surface area contributed by atoms with E-state index >= 15 is 0 Å². The van der Waals surface area contributed by atoms with Crippen LogP contribution in [0.1, 0.15) is 21.7 Å². The van der Waals surface area contributed by atoms with Gasteiger partial charge in [-0.2, -0.15) is 0 Å². The highest BCUT2D eigenvalue weighted by Gasteiger charge is 2.07. The Balaban J connectivity index is 2.27. The van der Waals surface area contributed by atoms with Crippen molar-refractivity contribution < 1.29 is 13.9 Å². The highest BCUT2D eigenvalue weighted by Crippen LogP contribution is 2.29. The number of hydrogen-bond donors (Lipinski definition) is 0. The Kier molecular flexibility index (Phi) is 3.20. The van der Waals surface area contributed by atoms with Crippen LogP contribution in [-0.4, -0.2) is 6.29 Å². The Labute approximate surface area is 104 Å². The fraction of sp³-hybridized carbons (Fsp3) is 0.154. The van der Waals surface area contributed by atoms with Crippen molar-refractivity contribution in [2.24, 2.45) is 0 Å². The molecule has 2 rings (SSSR count). The van der Waals surface area contributed by atoms with E-state index in [0.29, 0.717) is 12.0 Å². The topological polar surface area (TPSA) is 39.4 Å². The lowest BCUT2D eigenvalue weighted by Crippen LogP contribution is -1.87. The maximum Gasteiger partial charge on any atom is 0.290 e. The zero-order valence-corrected chi connectivity index (χ0v) is 10.2. The number of carbonyl (C=O) groups excluding carboxylic acids is 1. The van der Waals surface area contributed by atoms with Gasteiger partial charge in [-0.25, -0.2) is 0 Å². The van der Waals surface area contributed by atoms with Gasteiger partial charge in [0.15, 0.2) is 12.0 Å². The van der Waals surface area contributed by atoms with E-state index in [-0.39, 0.29) is 11.7 Å². The standard InChI is InChI=1S/C13H11ClO3/c1-8-5-11(6-9(2)13(8)14)17-12-4-3-10(7-15)16-12/h3-7H,1-2H3. The van der Waals surface area contributed by atoms with Gasteiger partial charge in [0.1, 0.15) is 5.75 Å². The molecule has 1 aromatic carbocycles. The molecule has 0 N–H and O–H groups in total. The summed E-state index contributed by atoms with van der Waals surface area (Å²) < 4.78 is 10.6. The molecule has 0 bridgehead atoms. The smallest absolute Gasteiger partial charge is 0.290 e. The molecule has 0 aliphatic carbocycles. The molecule has 0 aliphatic heterocycles. The molecule has 0 radical (unpaired) electrons. The molecule has 2 aromatic rings. The molecule has 1 heterocycles. The Morgan fingerprint density at radius 3 is 2.41 bits per heavy atom. The second kappa shape index (κ2) is 4.63. The minimum atomic E-state index is 0.238. The molecule has 4 heteroatoms. The van der Waals surface area contributed by atoms with Crippen LogP contribution in [0.2, 0.25) is 5.02 Å². The number of carbonyl (C=O) groups is 1. The summed E-state index contributed by atoms with van der Waals surface area (Å²) in [5.41, 5.74) is 1.87. The van der Waals surface area contributed by atoms with Crippen LogP contribution < -0.4 is 4.74 Å². The number of rotatable bonds is 3. The molecule has 0 saturated carbocycles. The number of hydrogen-bond acceptors (Lipinski definition) is 3. The summed E-state index contributed by atoms with van der Waals surface area (Å²) in [7, 11) is 0. The van der Waals surface area contributed by atoms with E-state index in [9.17, 15) is 4.79 Å². The lowest BCUT2D eigenvalue weighted by atomic mass is 10.1. The van der Waals surface area contributed by atoms with Crippen LogP contribution in [0, 0.1) is 13.8 Å². The summed E-state index contributed by atoms with van der Waals surface area (Å²) in [5, 5.41) is 0.727. The van der Waals surface area contributed by atoms with Gasteiger partial charge in [-0.15, -0.1) is 0 Å². The third-order valence-electron chi connectivity index (χ3n) is 2.35. The summed E-state index contributed by atoms with van der Waals surface area (Å²) in [4.78, 5) is 10.5. The molecule has 0 fully saturated rings. The van der Waals surface area contributed by atoms with E-state index in [4.69, 9.17) is 20.8 Å². The van der Waals surface area contributed by atoms with E-state index < -0.39 is 0 Å². The van der Waals surface area contributed by atoms with Crippen molar-refractivity contribution in [3.63, 3.8) is 0 Å².